The summed E-state index contributed by atoms with van der Waals surface area (Å²) in [7, 11) is 1.54. The Kier molecular flexibility index (Phi) is 3.53. The van der Waals surface area contributed by atoms with E-state index in [1.165, 1.54) is 26.0 Å². The molecule has 0 aliphatic carbocycles. The zero-order valence-electron chi connectivity index (χ0n) is 11.7. The number of benzene rings is 1. The number of phenols is 1. The molecule has 0 spiro atoms. The maximum Gasteiger partial charge on any atom is 0.257 e. The molecule has 0 bridgehead atoms. The first kappa shape index (κ1) is 13.2. The topological polar surface area (TPSA) is 53.0 Å². The number of piperazine rings is 1. The smallest absolute Gasteiger partial charge is 0.257 e. The molecular formula is C15H20N2O3. The van der Waals surface area contributed by atoms with E-state index in [0.717, 1.165) is 26.2 Å². The zero-order valence-corrected chi connectivity index (χ0v) is 11.7. The van der Waals surface area contributed by atoms with Gasteiger partial charge >= 0.3 is 0 Å². The summed E-state index contributed by atoms with van der Waals surface area (Å²) in [5, 5.41) is 9.97. The van der Waals surface area contributed by atoms with E-state index >= 15 is 0 Å². The van der Waals surface area contributed by atoms with E-state index in [0.29, 0.717) is 17.4 Å². The quantitative estimate of drug-likeness (QED) is 0.885. The van der Waals surface area contributed by atoms with Gasteiger partial charge in [0.25, 0.3) is 5.91 Å². The monoisotopic (exact) mass is 276 g/mol. The van der Waals surface area contributed by atoms with Crippen LogP contribution in [0.15, 0.2) is 18.2 Å². The van der Waals surface area contributed by atoms with Gasteiger partial charge in [0.15, 0.2) is 0 Å². The minimum atomic E-state index is -0.0864. The molecule has 2 saturated heterocycles. The summed E-state index contributed by atoms with van der Waals surface area (Å²) in [5.74, 6) is 0.458. The van der Waals surface area contributed by atoms with E-state index in [2.05, 4.69) is 4.90 Å². The lowest BCUT2D eigenvalue weighted by atomic mass is 10.1. The highest BCUT2D eigenvalue weighted by molar-refractivity contribution is 5.97. The normalized spacial score (nSPS) is 22.6. The first-order valence-corrected chi connectivity index (χ1v) is 7.09. The predicted octanol–water partition coefficient (Wildman–Crippen LogP) is 1.32. The van der Waals surface area contributed by atoms with Crippen LogP contribution in [0.3, 0.4) is 0 Å². The number of methoxy groups -OCH3 is 1. The molecule has 0 saturated carbocycles. The van der Waals surface area contributed by atoms with Crippen molar-refractivity contribution in [3.8, 4) is 11.5 Å². The highest BCUT2D eigenvalue weighted by Crippen LogP contribution is 2.27. The minimum absolute atomic E-state index is 0.0109. The molecule has 5 nitrogen and oxygen atoms in total. The minimum Gasteiger partial charge on any atom is -0.507 e. The van der Waals surface area contributed by atoms with Gasteiger partial charge in [0.1, 0.15) is 11.5 Å². The number of aromatic hydroxyl groups is 1. The van der Waals surface area contributed by atoms with E-state index in [-0.39, 0.29) is 11.7 Å². The lowest BCUT2D eigenvalue weighted by Crippen LogP contribution is -2.52. The fraction of sp³-hybridized carbons (Fsp3) is 0.533. The number of phenolic OH excluding ortho intramolecular Hbond substituents is 1. The molecule has 20 heavy (non-hydrogen) atoms. The number of ether oxygens (including phenoxy) is 1. The van der Waals surface area contributed by atoms with E-state index < -0.39 is 0 Å². The van der Waals surface area contributed by atoms with Crippen molar-refractivity contribution in [3.05, 3.63) is 23.8 Å². The van der Waals surface area contributed by atoms with Crippen LogP contribution < -0.4 is 4.74 Å². The van der Waals surface area contributed by atoms with Crippen molar-refractivity contribution in [2.24, 2.45) is 0 Å². The zero-order chi connectivity index (χ0) is 14.1. The standard InChI is InChI=1S/C15H20N2O3/c1-20-12-4-5-13(14(18)9-12)15(19)17-8-7-16-6-2-3-11(16)10-17/h4-5,9,11,18H,2-3,6-8,10H2,1H3. The summed E-state index contributed by atoms with van der Waals surface area (Å²) in [6.45, 7) is 3.60. The van der Waals surface area contributed by atoms with Gasteiger partial charge in [0.2, 0.25) is 0 Å². The van der Waals surface area contributed by atoms with Crippen LogP contribution in [0, 0.1) is 0 Å². The molecule has 108 valence electrons. The molecule has 3 rings (SSSR count). The summed E-state index contributed by atoms with van der Waals surface area (Å²) >= 11 is 0. The molecule has 2 aliphatic heterocycles. The molecule has 0 aromatic heterocycles. The SMILES string of the molecule is COc1ccc(C(=O)N2CCN3CCCC3C2)c(O)c1. The van der Waals surface area contributed by atoms with Crippen molar-refractivity contribution in [3.63, 3.8) is 0 Å². The van der Waals surface area contributed by atoms with Gasteiger partial charge in [-0.25, -0.2) is 0 Å². The Morgan fingerprint density at radius 3 is 2.95 bits per heavy atom. The van der Waals surface area contributed by atoms with E-state index in [4.69, 9.17) is 4.74 Å². The van der Waals surface area contributed by atoms with Gasteiger partial charge in [-0.05, 0) is 31.5 Å². The van der Waals surface area contributed by atoms with Gasteiger partial charge in [-0.2, -0.15) is 0 Å². The molecule has 5 heteroatoms. The lowest BCUT2D eigenvalue weighted by Gasteiger charge is -2.37. The van der Waals surface area contributed by atoms with Crippen molar-refractivity contribution >= 4 is 5.91 Å². The number of rotatable bonds is 2. The molecule has 1 aromatic carbocycles. The molecule has 1 amide bonds. The fourth-order valence-corrected chi connectivity index (χ4v) is 3.17. The number of carbonyl (C=O) groups excluding carboxylic acids is 1. The summed E-state index contributed by atoms with van der Waals surface area (Å²) in [6.07, 6.45) is 2.39. The average molecular weight is 276 g/mol. The van der Waals surface area contributed by atoms with E-state index in [9.17, 15) is 9.90 Å². The van der Waals surface area contributed by atoms with Crippen LogP contribution in [0.5, 0.6) is 11.5 Å². The van der Waals surface area contributed by atoms with Crippen LogP contribution in [-0.2, 0) is 0 Å². The van der Waals surface area contributed by atoms with Crippen molar-refractivity contribution in [2.45, 2.75) is 18.9 Å². The maximum absolute atomic E-state index is 12.5. The predicted molar refractivity (Wildman–Crippen MR) is 75.2 cm³/mol. The largest absolute Gasteiger partial charge is 0.507 e. The van der Waals surface area contributed by atoms with Crippen molar-refractivity contribution in [1.29, 1.82) is 0 Å². The average Bonchev–Trinajstić information content (AvgIpc) is 2.93. The van der Waals surface area contributed by atoms with Crippen LogP contribution >= 0.6 is 0 Å². The Bertz CT molecular complexity index is 518. The second-order valence-electron chi connectivity index (χ2n) is 5.47. The molecule has 1 atom stereocenters. The summed E-state index contributed by atoms with van der Waals surface area (Å²) in [4.78, 5) is 16.8. The van der Waals surface area contributed by atoms with Gasteiger partial charge in [0.05, 0.1) is 12.7 Å². The van der Waals surface area contributed by atoms with Crippen molar-refractivity contribution in [2.75, 3.05) is 33.3 Å². The molecule has 2 fully saturated rings. The Hall–Kier alpha value is -1.75. The van der Waals surface area contributed by atoms with Crippen LogP contribution in [0.4, 0.5) is 0 Å². The van der Waals surface area contributed by atoms with Crippen molar-refractivity contribution < 1.29 is 14.6 Å². The number of amides is 1. The summed E-state index contributed by atoms with van der Waals surface area (Å²) in [6, 6.07) is 5.32. The molecule has 1 unspecified atom stereocenters. The molecule has 2 heterocycles. The second-order valence-corrected chi connectivity index (χ2v) is 5.47. The number of nitrogens with zero attached hydrogens (tertiary/aromatic N) is 2. The fourth-order valence-electron chi connectivity index (χ4n) is 3.17. The van der Waals surface area contributed by atoms with Gasteiger partial charge in [-0.3, -0.25) is 9.69 Å². The molecule has 2 aliphatic rings. The Labute approximate surface area is 118 Å². The van der Waals surface area contributed by atoms with Crippen LogP contribution in [0.1, 0.15) is 23.2 Å². The number of hydrogen-bond donors (Lipinski definition) is 1. The van der Waals surface area contributed by atoms with Crippen LogP contribution in [-0.4, -0.2) is 60.1 Å². The second kappa shape index (κ2) is 5.32. The highest BCUT2D eigenvalue weighted by Gasteiger charge is 2.33. The summed E-state index contributed by atoms with van der Waals surface area (Å²) < 4.78 is 5.04. The van der Waals surface area contributed by atoms with Crippen molar-refractivity contribution in [1.82, 2.24) is 9.80 Å². The third-order valence-electron chi connectivity index (χ3n) is 4.31. The Balaban J connectivity index is 1.75. The molecule has 0 radical (unpaired) electrons. The van der Waals surface area contributed by atoms with Gasteiger partial charge < -0.3 is 14.7 Å². The molecule has 1 N–H and O–H groups in total. The first-order chi connectivity index (χ1) is 9.69. The third kappa shape index (κ3) is 2.33. The number of hydrogen-bond acceptors (Lipinski definition) is 4. The van der Waals surface area contributed by atoms with E-state index in [1.54, 1.807) is 12.1 Å². The van der Waals surface area contributed by atoms with Crippen LogP contribution in [0.25, 0.3) is 0 Å². The lowest BCUT2D eigenvalue weighted by molar-refractivity contribution is 0.0568. The number of fused-ring (bicyclic) bond motifs is 1. The first-order valence-electron chi connectivity index (χ1n) is 7.09. The Morgan fingerprint density at radius 2 is 2.20 bits per heavy atom. The summed E-state index contributed by atoms with van der Waals surface area (Å²) in [5.41, 5.74) is 0.359. The van der Waals surface area contributed by atoms with Gasteiger partial charge in [0, 0.05) is 31.7 Å². The molecule has 1 aromatic rings. The third-order valence-corrected chi connectivity index (χ3v) is 4.31. The maximum atomic E-state index is 12.5. The van der Waals surface area contributed by atoms with Gasteiger partial charge in [-0.15, -0.1) is 0 Å². The molecular weight excluding hydrogens is 256 g/mol. The highest BCUT2D eigenvalue weighted by atomic mass is 16.5. The van der Waals surface area contributed by atoms with Crippen LogP contribution in [0.2, 0.25) is 0 Å². The van der Waals surface area contributed by atoms with E-state index in [1.807, 2.05) is 4.90 Å². The Morgan fingerprint density at radius 1 is 1.35 bits per heavy atom. The number of carbonyl (C=O) groups is 1. The van der Waals surface area contributed by atoms with Gasteiger partial charge in [-0.1, -0.05) is 0 Å².